The zero-order chi connectivity index (χ0) is 18.6. The zero-order valence-corrected chi connectivity index (χ0v) is 15.5. The Morgan fingerprint density at radius 2 is 1.42 bits per heavy atom. The maximum absolute atomic E-state index is 12.2. The Bertz CT molecular complexity index is 544. The van der Waals surface area contributed by atoms with Crippen LogP contribution in [0.3, 0.4) is 0 Å². The van der Waals surface area contributed by atoms with E-state index in [1.165, 1.54) is 4.90 Å². The molecule has 1 amide bonds. The fourth-order valence-corrected chi connectivity index (χ4v) is 2.66. The van der Waals surface area contributed by atoms with Gasteiger partial charge in [-0.25, -0.2) is 0 Å². The lowest BCUT2D eigenvalue weighted by Gasteiger charge is -2.20. The van der Waals surface area contributed by atoms with Crippen molar-refractivity contribution in [2.75, 3.05) is 65.3 Å². The topological polar surface area (TPSA) is 77.5 Å². The molecule has 1 aromatic carbocycles. The van der Waals surface area contributed by atoms with E-state index >= 15 is 0 Å². The van der Waals surface area contributed by atoms with Gasteiger partial charge in [0.25, 0.3) is 5.91 Å². The molecule has 0 radical (unpaired) electrons. The van der Waals surface area contributed by atoms with E-state index in [0.717, 1.165) is 0 Å². The van der Waals surface area contributed by atoms with Crippen molar-refractivity contribution in [1.29, 1.82) is 0 Å². The van der Waals surface area contributed by atoms with Gasteiger partial charge in [-0.1, -0.05) is 18.2 Å². The van der Waals surface area contributed by atoms with Crippen LogP contribution in [-0.4, -0.2) is 81.2 Å². The van der Waals surface area contributed by atoms with Gasteiger partial charge in [-0.15, -0.1) is 11.6 Å². The first-order valence-electron chi connectivity index (χ1n) is 8.70. The Morgan fingerprint density at radius 3 is 2.00 bits per heavy atom. The number of rotatable bonds is 14. The summed E-state index contributed by atoms with van der Waals surface area (Å²) in [5.74, 6) is 0.320. The number of hydrogen-bond donors (Lipinski definition) is 1. The van der Waals surface area contributed by atoms with Gasteiger partial charge in [0.15, 0.2) is 6.23 Å². The predicted octanol–water partition coefficient (Wildman–Crippen LogP) is 1.44. The van der Waals surface area contributed by atoms with Crippen molar-refractivity contribution in [1.82, 2.24) is 4.90 Å². The lowest BCUT2D eigenvalue weighted by molar-refractivity contribution is -0.0152. The molecule has 26 heavy (non-hydrogen) atoms. The van der Waals surface area contributed by atoms with Gasteiger partial charge >= 0.3 is 0 Å². The summed E-state index contributed by atoms with van der Waals surface area (Å²) in [6.07, 6.45) is -0.899. The van der Waals surface area contributed by atoms with Crippen molar-refractivity contribution in [3.63, 3.8) is 0 Å². The van der Waals surface area contributed by atoms with Gasteiger partial charge in [-0.2, -0.15) is 0 Å². The van der Waals surface area contributed by atoms with Crippen LogP contribution in [0.4, 0.5) is 0 Å². The summed E-state index contributed by atoms with van der Waals surface area (Å²) in [5.41, 5.74) is 1.20. The highest BCUT2D eigenvalue weighted by molar-refractivity contribution is 6.17. The van der Waals surface area contributed by atoms with Gasteiger partial charge < -0.3 is 29.0 Å². The fraction of sp³-hybridized carbons (Fsp3) is 0.611. The van der Waals surface area contributed by atoms with E-state index in [9.17, 15) is 9.90 Å². The lowest BCUT2D eigenvalue weighted by atomic mass is 10.1. The van der Waals surface area contributed by atoms with Gasteiger partial charge in [0.2, 0.25) is 0 Å². The summed E-state index contributed by atoms with van der Waals surface area (Å²) in [7, 11) is 0. The molecule has 0 bridgehead atoms. The molecule has 7 nitrogen and oxygen atoms in total. The van der Waals surface area contributed by atoms with E-state index in [1.54, 1.807) is 18.2 Å². The first kappa shape index (κ1) is 21.1. The molecule has 0 saturated heterocycles. The average molecular weight is 388 g/mol. The van der Waals surface area contributed by atoms with Crippen molar-refractivity contribution in [3.05, 3.63) is 35.4 Å². The Labute approximate surface area is 158 Å². The van der Waals surface area contributed by atoms with E-state index in [1.807, 2.05) is 6.07 Å². The smallest absolute Gasteiger partial charge is 0.256 e. The molecule has 1 heterocycles. The highest BCUT2D eigenvalue weighted by atomic mass is 35.5. The molecule has 1 atom stereocenters. The molecule has 1 aliphatic heterocycles. The zero-order valence-electron chi connectivity index (χ0n) is 14.8. The highest BCUT2D eigenvalue weighted by Crippen LogP contribution is 2.30. The van der Waals surface area contributed by atoms with Crippen LogP contribution in [0.25, 0.3) is 0 Å². The Balaban J connectivity index is 1.45. The summed E-state index contributed by atoms with van der Waals surface area (Å²) >= 11 is 5.48. The average Bonchev–Trinajstić information content (AvgIpc) is 2.90. The summed E-state index contributed by atoms with van der Waals surface area (Å²) in [6, 6.07) is 7.08. The molecule has 2 rings (SSSR count). The van der Waals surface area contributed by atoms with Crippen molar-refractivity contribution in [3.8, 4) is 0 Å². The second-order valence-corrected chi connectivity index (χ2v) is 5.98. The second-order valence-electron chi connectivity index (χ2n) is 5.60. The molecule has 146 valence electrons. The molecule has 1 N–H and O–H groups in total. The van der Waals surface area contributed by atoms with Crippen LogP contribution >= 0.6 is 11.6 Å². The standard InChI is InChI=1S/C18H26ClNO6/c19-5-7-23-9-11-25-13-14-26-12-10-24-8-6-20-17(21)15-3-1-2-4-16(15)18(20)22/h1-4,17,21H,5-14H2. The van der Waals surface area contributed by atoms with Crippen LogP contribution in [0, 0.1) is 0 Å². The van der Waals surface area contributed by atoms with Gasteiger partial charge in [0, 0.05) is 23.6 Å². The molecule has 1 aromatic rings. The molecule has 1 unspecified atom stereocenters. The Kier molecular flexibility index (Phi) is 9.91. The molecule has 8 heteroatoms. The van der Waals surface area contributed by atoms with Crippen LogP contribution in [0.2, 0.25) is 0 Å². The van der Waals surface area contributed by atoms with Crippen LogP contribution in [0.15, 0.2) is 24.3 Å². The Morgan fingerprint density at radius 1 is 0.885 bits per heavy atom. The number of carbonyl (C=O) groups is 1. The molecule has 1 aliphatic rings. The monoisotopic (exact) mass is 387 g/mol. The minimum Gasteiger partial charge on any atom is -0.378 e. The SMILES string of the molecule is O=C1c2ccccc2C(O)N1CCOCCOCCOCCOCCCl. The summed E-state index contributed by atoms with van der Waals surface area (Å²) in [5, 5.41) is 10.2. The van der Waals surface area contributed by atoms with Crippen LogP contribution in [-0.2, 0) is 18.9 Å². The molecule has 0 fully saturated rings. The van der Waals surface area contributed by atoms with E-state index < -0.39 is 6.23 Å². The minimum atomic E-state index is -0.899. The first-order chi connectivity index (χ1) is 12.8. The number of ether oxygens (including phenoxy) is 4. The van der Waals surface area contributed by atoms with Crippen LogP contribution in [0.5, 0.6) is 0 Å². The molecular formula is C18H26ClNO6. The molecular weight excluding hydrogens is 362 g/mol. The minimum absolute atomic E-state index is 0.167. The number of hydrogen-bond acceptors (Lipinski definition) is 6. The highest BCUT2D eigenvalue weighted by Gasteiger charge is 2.34. The molecule has 0 spiro atoms. The van der Waals surface area contributed by atoms with Crippen molar-refractivity contribution >= 4 is 17.5 Å². The third kappa shape index (κ3) is 6.50. The first-order valence-corrected chi connectivity index (χ1v) is 9.24. The largest absolute Gasteiger partial charge is 0.378 e. The normalized spacial score (nSPS) is 16.3. The number of amides is 1. The molecule has 0 aromatic heterocycles. The fourth-order valence-electron chi connectivity index (χ4n) is 2.55. The quantitative estimate of drug-likeness (QED) is 0.384. The van der Waals surface area contributed by atoms with Crippen molar-refractivity contribution < 1.29 is 28.8 Å². The number of fused-ring (bicyclic) bond motifs is 1. The number of alkyl halides is 1. The van der Waals surface area contributed by atoms with E-state index in [-0.39, 0.29) is 5.91 Å². The number of benzene rings is 1. The molecule has 0 aliphatic carbocycles. The van der Waals surface area contributed by atoms with Crippen LogP contribution in [0.1, 0.15) is 22.1 Å². The maximum atomic E-state index is 12.2. The van der Waals surface area contributed by atoms with Crippen LogP contribution < -0.4 is 0 Å². The number of carbonyl (C=O) groups excluding carboxylic acids is 1. The van der Waals surface area contributed by atoms with E-state index in [4.69, 9.17) is 30.5 Å². The molecule has 0 saturated carbocycles. The van der Waals surface area contributed by atoms with Gasteiger partial charge in [0.05, 0.1) is 52.9 Å². The summed E-state index contributed by atoms with van der Waals surface area (Å²) in [4.78, 5) is 13.6. The maximum Gasteiger partial charge on any atom is 0.256 e. The van der Waals surface area contributed by atoms with Gasteiger partial charge in [-0.05, 0) is 6.07 Å². The number of aliphatic hydroxyl groups excluding tert-OH is 1. The third-order valence-corrected chi connectivity index (χ3v) is 3.99. The van der Waals surface area contributed by atoms with E-state index in [0.29, 0.717) is 76.4 Å². The van der Waals surface area contributed by atoms with Crippen molar-refractivity contribution in [2.24, 2.45) is 0 Å². The second kappa shape index (κ2) is 12.2. The third-order valence-electron chi connectivity index (χ3n) is 3.84. The summed E-state index contributed by atoms with van der Waals surface area (Å²) < 4.78 is 21.3. The lowest BCUT2D eigenvalue weighted by Crippen LogP contribution is -2.31. The summed E-state index contributed by atoms with van der Waals surface area (Å²) in [6.45, 7) is 4.10. The predicted molar refractivity (Wildman–Crippen MR) is 96.4 cm³/mol. The number of halogens is 1. The van der Waals surface area contributed by atoms with Gasteiger partial charge in [-0.3, -0.25) is 4.79 Å². The van der Waals surface area contributed by atoms with Crippen molar-refractivity contribution in [2.45, 2.75) is 6.23 Å². The number of nitrogens with zero attached hydrogens (tertiary/aromatic N) is 1. The number of aliphatic hydroxyl groups is 1. The van der Waals surface area contributed by atoms with E-state index in [2.05, 4.69) is 0 Å². The Hall–Kier alpha value is -1.22. The van der Waals surface area contributed by atoms with Gasteiger partial charge in [0.1, 0.15) is 0 Å².